The summed E-state index contributed by atoms with van der Waals surface area (Å²) in [6.45, 7) is 1.41. The van der Waals surface area contributed by atoms with E-state index in [9.17, 15) is 32.6 Å². The molecule has 1 heterocycles. The van der Waals surface area contributed by atoms with Crippen molar-refractivity contribution >= 4 is 23.3 Å². The topological polar surface area (TPSA) is 113 Å². The number of hydrogen-bond acceptors (Lipinski definition) is 5. The molecule has 3 aromatic rings. The molecule has 0 aliphatic carbocycles. The summed E-state index contributed by atoms with van der Waals surface area (Å²) in [6.07, 6.45) is -5.07. The van der Waals surface area contributed by atoms with E-state index in [4.69, 9.17) is 17.3 Å². The number of benzene rings is 2. The molecule has 0 aliphatic rings. The third kappa shape index (κ3) is 5.51. The average molecular weight is 515 g/mol. The Balaban J connectivity index is 1.83. The minimum absolute atomic E-state index is 0.125. The summed E-state index contributed by atoms with van der Waals surface area (Å²) in [7, 11) is 0. The molecule has 1 atom stereocenters. The largest absolute Gasteiger partial charge is 0.508 e. The first-order valence-electron chi connectivity index (χ1n) is 10.3. The molecule has 7 nitrogen and oxygen atoms in total. The normalized spacial score (nSPS) is 13.9. The van der Waals surface area contributed by atoms with Crippen LogP contribution in [0.1, 0.15) is 36.2 Å². The molecule has 0 unspecified atom stereocenters. The standard InChI is InChI=1S/C23H23ClF4N4O3/c1-21(2,17-9-14(25)5-8-18(17)33)11-22(35,23(26,27)28)12-30-20(34)16-10-31-32(19(16)29)15-6-3-13(24)4-7-15/h3-10,33,35H,11-12,29H2,1-2H3,(H,30,34)/t22-/m1/s1. The third-order valence-corrected chi connectivity index (χ3v) is 5.87. The fourth-order valence-corrected chi connectivity index (χ4v) is 3.91. The molecule has 2 aromatic carbocycles. The van der Waals surface area contributed by atoms with Gasteiger partial charge in [0.2, 0.25) is 0 Å². The number of nitrogens with one attached hydrogen (secondary N) is 1. The quantitative estimate of drug-likeness (QED) is 0.350. The van der Waals surface area contributed by atoms with E-state index in [-0.39, 0.29) is 16.9 Å². The molecule has 0 saturated heterocycles. The number of aliphatic hydroxyl groups is 1. The van der Waals surface area contributed by atoms with Crippen LogP contribution >= 0.6 is 11.6 Å². The number of amides is 1. The van der Waals surface area contributed by atoms with Gasteiger partial charge in [-0.1, -0.05) is 25.4 Å². The van der Waals surface area contributed by atoms with E-state index in [1.165, 1.54) is 18.5 Å². The summed E-state index contributed by atoms with van der Waals surface area (Å²) in [6, 6.07) is 9.18. The average Bonchev–Trinajstić information content (AvgIpc) is 3.14. The van der Waals surface area contributed by atoms with Gasteiger partial charge in [-0.05, 0) is 54.3 Å². The van der Waals surface area contributed by atoms with Crippen molar-refractivity contribution in [1.29, 1.82) is 0 Å². The maximum absolute atomic E-state index is 13.9. The maximum Gasteiger partial charge on any atom is 0.418 e. The Labute approximate surface area is 203 Å². The lowest BCUT2D eigenvalue weighted by atomic mass is 9.74. The highest BCUT2D eigenvalue weighted by Gasteiger charge is 2.56. The Morgan fingerprint density at radius 1 is 1.17 bits per heavy atom. The first-order chi connectivity index (χ1) is 16.1. The molecule has 1 aromatic heterocycles. The number of anilines is 1. The van der Waals surface area contributed by atoms with Crippen LogP contribution in [0.25, 0.3) is 5.69 Å². The van der Waals surface area contributed by atoms with Crippen molar-refractivity contribution in [2.45, 2.75) is 37.5 Å². The fourth-order valence-electron chi connectivity index (χ4n) is 3.78. The van der Waals surface area contributed by atoms with E-state index >= 15 is 0 Å². The van der Waals surface area contributed by atoms with E-state index in [0.717, 1.165) is 24.4 Å². The number of nitrogen functional groups attached to an aromatic ring is 1. The second-order valence-corrected chi connectivity index (χ2v) is 9.20. The second-order valence-electron chi connectivity index (χ2n) is 8.77. The zero-order chi connectivity index (χ0) is 26.2. The van der Waals surface area contributed by atoms with Gasteiger partial charge in [0, 0.05) is 10.6 Å². The molecule has 0 aliphatic heterocycles. The van der Waals surface area contributed by atoms with Crippen molar-refractivity contribution in [2.75, 3.05) is 12.3 Å². The lowest BCUT2D eigenvalue weighted by Gasteiger charge is -2.38. The van der Waals surface area contributed by atoms with Gasteiger partial charge in [0.05, 0.1) is 18.4 Å². The van der Waals surface area contributed by atoms with Gasteiger partial charge < -0.3 is 21.3 Å². The minimum Gasteiger partial charge on any atom is -0.508 e. The molecule has 188 valence electrons. The van der Waals surface area contributed by atoms with Gasteiger partial charge in [-0.15, -0.1) is 0 Å². The Kier molecular flexibility index (Phi) is 7.05. The van der Waals surface area contributed by atoms with Crippen molar-refractivity contribution in [2.24, 2.45) is 0 Å². The summed E-state index contributed by atoms with van der Waals surface area (Å²) >= 11 is 5.84. The summed E-state index contributed by atoms with van der Waals surface area (Å²) < 4.78 is 56.7. The summed E-state index contributed by atoms with van der Waals surface area (Å²) in [5.74, 6) is -2.31. The monoisotopic (exact) mass is 514 g/mol. The number of carbonyl (C=O) groups excluding carboxylic acids is 1. The smallest absolute Gasteiger partial charge is 0.418 e. The Morgan fingerprint density at radius 2 is 1.80 bits per heavy atom. The Hall–Kier alpha value is -3.31. The Bertz CT molecular complexity index is 1230. The summed E-state index contributed by atoms with van der Waals surface area (Å²) in [5.41, 5.74) is 1.17. The van der Waals surface area contributed by atoms with Crippen LogP contribution in [0.2, 0.25) is 5.02 Å². The van der Waals surface area contributed by atoms with Crippen LogP contribution in [0.5, 0.6) is 5.75 Å². The summed E-state index contributed by atoms with van der Waals surface area (Å²) in [4.78, 5) is 12.6. The number of aromatic nitrogens is 2. The van der Waals surface area contributed by atoms with Gasteiger partial charge in [-0.25, -0.2) is 9.07 Å². The van der Waals surface area contributed by atoms with Gasteiger partial charge in [0.1, 0.15) is 22.9 Å². The highest BCUT2D eigenvalue weighted by molar-refractivity contribution is 6.30. The van der Waals surface area contributed by atoms with Gasteiger partial charge in [-0.2, -0.15) is 18.3 Å². The molecule has 12 heteroatoms. The molecule has 5 N–H and O–H groups in total. The molecule has 0 bridgehead atoms. The molecule has 35 heavy (non-hydrogen) atoms. The van der Waals surface area contributed by atoms with Gasteiger partial charge >= 0.3 is 6.18 Å². The number of halogens is 5. The zero-order valence-electron chi connectivity index (χ0n) is 18.7. The number of nitrogens with two attached hydrogens (primary N) is 1. The molecular weight excluding hydrogens is 492 g/mol. The molecule has 0 fully saturated rings. The lowest BCUT2D eigenvalue weighted by Crippen LogP contribution is -2.56. The van der Waals surface area contributed by atoms with Crippen LogP contribution in [-0.4, -0.2) is 44.2 Å². The number of phenols is 1. The van der Waals surface area contributed by atoms with Crippen LogP contribution in [0.15, 0.2) is 48.7 Å². The maximum atomic E-state index is 13.9. The molecular formula is C23H23ClF4N4O3. The van der Waals surface area contributed by atoms with E-state index in [1.54, 1.807) is 24.3 Å². The Morgan fingerprint density at radius 3 is 2.40 bits per heavy atom. The predicted molar refractivity (Wildman–Crippen MR) is 122 cm³/mol. The van der Waals surface area contributed by atoms with Crippen LogP contribution < -0.4 is 11.1 Å². The third-order valence-electron chi connectivity index (χ3n) is 5.61. The number of carbonyl (C=O) groups is 1. The van der Waals surface area contributed by atoms with Crippen LogP contribution in [0.4, 0.5) is 23.4 Å². The van der Waals surface area contributed by atoms with Crippen LogP contribution in [0.3, 0.4) is 0 Å². The van der Waals surface area contributed by atoms with Crippen LogP contribution in [0, 0.1) is 5.82 Å². The van der Waals surface area contributed by atoms with Gasteiger partial charge in [-0.3, -0.25) is 4.79 Å². The zero-order valence-corrected chi connectivity index (χ0v) is 19.5. The number of aromatic hydroxyl groups is 1. The molecule has 0 saturated carbocycles. The van der Waals surface area contributed by atoms with E-state index < -0.39 is 47.6 Å². The number of nitrogens with zero attached hydrogens (tertiary/aromatic N) is 2. The summed E-state index contributed by atoms with van der Waals surface area (Å²) in [5, 5.41) is 27.2. The van der Waals surface area contributed by atoms with Crippen molar-refractivity contribution in [1.82, 2.24) is 15.1 Å². The van der Waals surface area contributed by atoms with Crippen LogP contribution in [-0.2, 0) is 5.41 Å². The molecule has 0 radical (unpaired) electrons. The van der Waals surface area contributed by atoms with E-state index in [0.29, 0.717) is 10.7 Å². The van der Waals surface area contributed by atoms with Crippen molar-refractivity contribution in [3.05, 3.63) is 70.6 Å². The first-order valence-corrected chi connectivity index (χ1v) is 10.7. The first kappa shape index (κ1) is 26.3. The van der Waals surface area contributed by atoms with Gasteiger partial charge in [0.25, 0.3) is 5.91 Å². The number of rotatable bonds is 7. The minimum atomic E-state index is -5.17. The highest BCUT2D eigenvalue weighted by Crippen LogP contribution is 2.43. The fraction of sp³-hybridized carbons (Fsp3) is 0.304. The number of hydrogen-bond donors (Lipinski definition) is 4. The highest BCUT2D eigenvalue weighted by atomic mass is 35.5. The van der Waals surface area contributed by atoms with Crippen molar-refractivity contribution in [3.8, 4) is 11.4 Å². The van der Waals surface area contributed by atoms with Crippen molar-refractivity contribution in [3.63, 3.8) is 0 Å². The number of alkyl halides is 3. The van der Waals surface area contributed by atoms with Gasteiger partial charge in [0.15, 0.2) is 5.60 Å². The second kappa shape index (κ2) is 9.38. The SMILES string of the molecule is CC(C)(C[C@@](O)(CNC(=O)c1cnn(-c2ccc(Cl)cc2)c1N)C(F)(F)F)c1cc(F)ccc1O. The van der Waals surface area contributed by atoms with Crippen molar-refractivity contribution < 1.29 is 32.6 Å². The van der Waals surface area contributed by atoms with E-state index in [1.807, 2.05) is 0 Å². The van der Waals surface area contributed by atoms with E-state index in [2.05, 4.69) is 10.4 Å². The number of phenolic OH excluding ortho intramolecular Hbond substituents is 1. The predicted octanol–water partition coefficient (Wildman–Crippen LogP) is 4.34. The lowest BCUT2D eigenvalue weighted by molar-refractivity contribution is -0.263. The molecule has 0 spiro atoms. The molecule has 1 amide bonds. The molecule has 3 rings (SSSR count).